The number of rotatable bonds is 6. The first-order valence-corrected chi connectivity index (χ1v) is 9.27. The number of urea groups is 1. The molecule has 136 valence electrons. The Kier molecular flexibility index (Phi) is 4.95. The molecule has 2 aromatic carbocycles. The Morgan fingerprint density at radius 2 is 1.77 bits per heavy atom. The van der Waals surface area contributed by atoms with E-state index in [4.69, 9.17) is 9.47 Å². The molecule has 1 saturated carbocycles. The summed E-state index contributed by atoms with van der Waals surface area (Å²) in [5.74, 6) is 2.18. The van der Waals surface area contributed by atoms with Crippen molar-refractivity contribution < 1.29 is 14.3 Å². The van der Waals surface area contributed by atoms with Gasteiger partial charge in [0, 0.05) is 12.6 Å². The molecule has 2 fully saturated rings. The lowest BCUT2D eigenvalue weighted by molar-refractivity contribution is 0.194. The summed E-state index contributed by atoms with van der Waals surface area (Å²) in [5.41, 5.74) is 0.708. The molecule has 0 radical (unpaired) electrons. The van der Waals surface area contributed by atoms with E-state index >= 15 is 0 Å². The summed E-state index contributed by atoms with van der Waals surface area (Å²) in [6, 6.07) is 17.6. The van der Waals surface area contributed by atoms with Gasteiger partial charge in [0.15, 0.2) is 0 Å². The van der Waals surface area contributed by atoms with Crippen molar-refractivity contribution in [3.8, 4) is 11.5 Å². The van der Waals surface area contributed by atoms with E-state index in [0.29, 0.717) is 36.6 Å². The molecule has 2 amide bonds. The molecule has 1 heterocycles. The van der Waals surface area contributed by atoms with E-state index < -0.39 is 0 Å². The number of carbonyl (C=O) groups excluding carboxylic acids is 1. The number of amides is 2. The molecular weight excluding hydrogens is 328 g/mol. The van der Waals surface area contributed by atoms with Crippen LogP contribution in [0.5, 0.6) is 11.5 Å². The predicted octanol–water partition coefficient (Wildman–Crippen LogP) is 4.16. The van der Waals surface area contributed by atoms with Gasteiger partial charge in [-0.25, -0.2) is 4.79 Å². The molecule has 1 aliphatic heterocycles. The topological polar surface area (TPSA) is 50.8 Å². The number of ether oxygens (including phenoxy) is 2. The van der Waals surface area contributed by atoms with Crippen molar-refractivity contribution in [1.29, 1.82) is 0 Å². The van der Waals surface area contributed by atoms with Gasteiger partial charge in [-0.05, 0) is 49.4 Å². The van der Waals surface area contributed by atoms with E-state index in [1.807, 2.05) is 59.5 Å². The van der Waals surface area contributed by atoms with Crippen molar-refractivity contribution in [2.45, 2.75) is 25.3 Å². The summed E-state index contributed by atoms with van der Waals surface area (Å²) in [6.45, 7) is 1.74. The molecule has 5 nitrogen and oxygen atoms in total. The molecular formula is C21H24N2O3. The normalized spacial score (nSPS) is 20.8. The molecule has 2 aromatic rings. The first-order valence-electron chi connectivity index (χ1n) is 9.27. The van der Waals surface area contributed by atoms with Gasteiger partial charge in [-0.2, -0.15) is 0 Å². The zero-order valence-corrected chi connectivity index (χ0v) is 14.8. The van der Waals surface area contributed by atoms with Gasteiger partial charge in [0.2, 0.25) is 0 Å². The number of piperidine rings is 1. The lowest BCUT2D eigenvalue weighted by atomic mass is 10.1. The van der Waals surface area contributed by atoms with Gasteiger partial charge in [0.1, 0.15) is 24.7 Å². The summed E-state index contributed by atoms with van der Waals surface area (Å²) in [7, 11) is 0. The summed E-state index contributed by atoms with van der Waals surface area (Å²) >= 11 is 0. The van der Waals surface area contributed by atoms with Gasteiger partial charge in [-0.15, -0.1) is 0 Å². The van der Waals surface area contributed by atoms with Crippen LogP contribution in [0.1, 0.15) is 19.3 Å². The monoisotopic (exact) mass is 352 g/mol. The number of nitrogens with one attached hydrogen (secondary N) is 1. The zero-order chi connectivity index (χ0) is 17.8. The van der Waals surface area contributed by atoms with E-state index in [1.54, 1.807) is 0 Å². The number of hydrogen-bond donors (Lipinski definition) is 1. The van der Waals surface area contributed by atoms with Crippen LogP contribution in [0.4, 0.5) is 10.5 Å². The highest BCUT2D eigenvalue weighted by Gasteiger charge is 2.40. The minimum absolute atomic E-state index is 0.0196. The van der Waals surface area contributed by atoms with Gasteiger partial charge >= 0.3 is 6.03 Å². The van der Waals surface area contributed by atoms with Crippen molar-refractivity contribution >= 4 is 11.7 Å². The Labute approximate surface area is 153 Å². The van der Waals surface area contributed by atoms with Crippen LogP contribution in [0, 0.1) is 5.92 Å². The maximum absolute atomic E-state index is 12.6. The van der Waals surface area contributed by atoms with Gasteiger partial charge in [-0.1, -0.05) is 30.3 Å². The molecule has 0 aromatic heterocycles. The molecule has 5 heteroatoms. The number of anilines is 1. The fourth-order valence-electron chi connectivity index (χ4n) is 3.88. The number of likely N-dealkylation sites (tertiary alicyclic amines) is 1. The molecule has 1 saturated heterocycles. The number of carbonyl (C=O) groups is 1. The third kappa shape index (κ3) is 3.77. The van der Waals surface area contributed by atoms with E-state index in [2.05, 4.69) is 5.32 Å². The first kappa shape index (κ1) is 16.8. The minimum atomic E-state index is -0.0196. The second-order valence-corrected chi connectivity index (χ2v) is 6.92. The molecule has 2 bridgehead atoms. The van der Waals surface area contributed by atoms with Crippen molar-refractivity contribution in [1.82, 2.24) is 4.90 Å². The number of nitrogens with zero attached hydrogens (tertiary/aromatic N) is 1. The summed E-state index contributed by atoms with van der Waals surface area (Å²) < 4.78 is 11.5. The Balaban J connectivity index is 1.31. The van der Waals surface area contributed by atoms with Crippen molar-refractivity contribution in [3.05, 3.63) is 54.6 Å². The van der Waals surface area contributed by atoms with Crippen LogP contribution in [-0.2, 0) is 0 Å². The number of hydrogen-bond acceptors (Lipinski definition) is 3. The fraction of sp³-hybridized carbons (Fsp3) is 0.381. The molecule has 2 aliphatic rings. The van der Waals surface area contributed by atoms with Crippen molar-refractivity contribution in [3.63, 3.8) is 0 Å². The third-order valence-electron chi connectivity index (χ3n) is 5.15. The first-order chi connectivity index (χ1) is 12.8. The second-order valence-electron chi connectivity index (χ2n) is 6.92. The van der Waals surface area contributed by atoms with Crippen LogP contribution in [0.3, 0.4) is 0 Å². The highest BCUT2D eigenvalue weighted by Crippen LogP contribution is 2.37. The van der Waals surface area contributed by atoms with Crippen molar-refractivity contribution in [2.24, 2.45) is 5.92 Å². The largest absolute Gasteiger partial charge is 0.490 e. The molecule has 0 spiro atoms. The number of para-hydroxylation sites is 3. The van der Waals surface area contributed by atoms with Crippen LogP contribution < -0.4 is 14.8 Å². The van der Waals surface area contributed by atoms with Crippen LogP contribution >= 0.6 is 0 Å². The molecule has 1 N–H and O–H groups in total. The lowest BCUT2D eigenvalue weighted by Gasteiger charge is -2.27. The van der Waals surface area contributed by atoms with E-state index in [9.17, 15) is 4.79 Å². The Morgan fingerprint density at radius 1 is 1.00 bits per heavy atom. The van der Waals surface area contributed by atoms with Gasteiger partial charge in [0.25, 0.3) is 0 Å². The van der Waals surface area contributed by atoms with Crippen LogP contribution in [0.25, 0.3) is 0 Å². The van der Waals surface area contributed by atoms with E-state index in [0.717, 1.165) is 25.1 Å². The van der Waals surface area contributed by atoms with Crippen molar-refractivity contribution in [2.75, 3.05) is 25.1 Å². The Morgan fingerprint density at radius 3 is 2.54 bits per heavy atom. The highest BCUT2D eigenvalue weighted by molar-refractivity contribution is 5.91. The van der Waals surface area contributed by atoms with Crippen LogP contribution in [0.2, 0.25) is 0 Å². The van der Waals surface area contributed by atoms with Gasteiger partial charge in [-0.3, -0.25) is 0 Å². The Bertz CT molecular complexity index is 750. The molecule has 1 aliphatic carbocycles. The average Bonchev–Trinajstić information content (AvgIpc) is 3.31. The number of fused-ring (bicyclic) bond motifs is 2. The SMILES string of the molecule is O=C(Nc1ccccc1OCCOc1ccccc1)N1CC2CCC1C2. The smallest absolute Gasteiger partial charge is 0.322 e. The molecule has 4 rings (SSSR count). The summed E-state index contributed by atoms with van der Waals surface area (Å²) in [4.78, 5) is 14.6. The summed E-state index contributed by atoms with van der Waals surface area (Å²) in [6.07, 6.45) is 3.55. The molecule has 26 heavy (non-hydrogen) atoms. The van der Waals surface area contributed by atoms with Crippen LogP contribution in [-0.4, -0.2) is 36.7 Å². The quantitative estimate of drug-likeness (QED) is 0.794. The van der Waals surface area contributed by atoms with E-state index in [-0.39, 0.29) is 6.03 Å². The Hall–Kier alpha value is -2.69. The third-order valence-corrected chi connectivity index (χ3v) is 5.15. The van der Waals surface area contributed by atoms with E-state index in [1.165, 1.54) is 6.42 Å². The molecule has 2 atom stereocenters. The van der Waals surface area contributed by atoms with Gasteiger partial charge in [0.05, 0.1) is 5.69 Å². The average molecular weight is 352 g/mol. The van der Waals surface area contributed by atoms with Gasteiger partial charge < -0.3 is 19.7 Å². The number of benzene rings is 2. The highest BCUT2D eigenvalue weighted by atomic mass is 16.5. The maximum atomic E-state index is 12.6. The maximum Gasteiger partial charge on any atom is 0.322 e. The predicted molar refractivity (Wildman–Crippen MR) is 101 cm³/mol. The minimum Gasteiger partial charge on any atom is -0.490 e. The second kappa shape index (κ2) is 7.68. The van der Waals surface area contributed by atoms with Crippen LogP contribution in [0.15, 0.2) is 54.6 Å². The lowest BCUT2D eigenvalue weighted by Crippen LogP contribution is -2.40. The zero-order valence-electron chi connectivity index (χ0n) is 14.8. The molecule has 2 unspecified atom stereocenters. The standard InChI is InChI=1S/C21H24N2O3/c24-21(23-15-16-10-11-17(23)14-16)22-19-8-4-5-9-20(19)26-13-12-25-18-6-2-1-3-7-18/h1-9,16-17H,10-15H2,(H,22,24). The fourth-order valence-corrected chi connectivity index (χ4v) is 3.88. The summed E-state index contributed by atoms with van der Waals surface area (Å²) in [5, 5.41) is 3.02.